The topological polar surface area (TPSA) is 61.8 Å². The highest BCUT2D eigenvalue weighted by atomic mass is 16.6. The van der Waals surface area contributed by atoms with Crippen molar-refractivity contribution in [2.24, 2.45) is 0 Å². The van der Waals surface area contributed by atoms with Crippen LogP contribution in [-0.4, -0.2) is 37.9 Å². The third-order valence-electron chi connectivity index (χ3n) is 11.7. The van der Waals surface area contributed by atoms with Crippen LogP contribution in [0.1, 0.15) is 265 Å². The first kappa shape index (κ1) is 61.3. The number of allylic oxidation sites excluding steroid dienone is 12. The molecule has 5 nitrogen and oxygen atoms in total. The van der Waals surface area contributed by atoms with Gasteiger partial charge in [-0.1, -0.05) is 235 Å². The third-order valence-corrected chi connectivity index (χ3v) is 11.7. The SMILES string of the molecule is CC/C=C\C/C=C\C/C=C\C/C=C\CCCCCCC(=O)OCC(COCCCCCCCCCCCC/C=C\C/C=C\CCCCC)OC(=O)CCCCCCCCCCCCC. The zero-order chi connectivity index (χ0) is 46.3. The zero-order valence-corrected chi connectivity index (χ0v) is 42.5. The summed E-state index contributed by atoms with van der Waals surface area (Å²) in [5.41, 5.74) is 0. The van der Waals surface area contributed by atoms with E-state index in [1.807, 2.05) is 0 Å². The van der Waals surface area contributed by atoms with E-state index < -0.39 is 6.10 Å². The van der Waals surface area contributed by atoms with E-state index in [1.54, 1.807) is 0 Å². The second kappa shape index (κ2) is 54.7. The second-order valence-corrected chi connectivity index (χ2v) is 18.1. The molecule has 0 amide bonds. The summed E-state index contributed by atoms with van der Waals surface area (Å²) in [6.45, 7) is 7.68. The van der Waals surface area contributed by atoms with Crippen LogP contribution in [0.25, 0.3) is 0 Å². The summed E-state index contributed by atoms with van der Waals surface area (Å²) >= 11 is 0. The van der Waals surface area contributed by atoms with E-state index in [-0.39, 0.29) is 25.2 Å². The second-order valence-electron chi connectivity index (χ2n) is 18.1. The Balaban J connectivity index is 4.25. The maximum Gasteiger partial charge on any atom is 0.306 e. The van der Waals surface area contributed by atoms with Gasteiger partial charge in [-0.3, -0.25) is 9.59 Å². The molecule has 5 heteroatoms. The van der Waals surface area contributed by atoms with Crippen LogP contribution in [0.3, 0.4) is 0 Å². The van der Waals surface area contributed by atoms with Gasteiger partial charge in [-0.15, -0.1) is 0 Å². The van der Waals surface area contributed by atoms with Gasteiger partial charge in [-0.2, -0.15) is 0 Å². The summed E-state index contributed by atoms with van der Waals surface area (Å²) in [5.74, 6) is -0.420. The van der Waals surface area contributed by atoms with E-state index in [2.05, 4.69) is 93.7 Å². The zero-order valence-electron chi connectivity index (χ0n) is 42.5. The lowest BCUT2D eigenvalue weighted by Crippen LogP contribution is -2.30. The Morgan fingerprint density at radius 3 is 1.16 bits per heavy atom. The van der Waals surface area contributed by atoms with E-state index in [1.165, 1.54) is 141 Å². The molecule has 0 rings (SSSR count). The molecule has 0 aromatic rings. The Labute approximate surface area is 397 Å². The molecule has 0 radical (unpaired) electrons. The molecule has 0 saturated heterocycles. The van der Waals surface area contributed by atoms with Gasteiger partial charge in [0.05, 0.1) is 6.61 Å². The first-order chi connectivity index (χ1) is 31.6. The maximum absolute atomic E-state index is 12.8. The molecule has 0 aliphatic heterocycles. The van der Waals surface area contributed by atoms with Crippen LogP contribution in [0.4, 0.5) is 0 Å². The van der Waals surface area contributed by atoms with Gasteiger partial charge >= 0.3 is 11.9 Å². The highest BCUT2D eigenvalue weighted by Crippen LogP contribution is 2.15. The number of rotatable bonds is 50. The Morgan fingerprint density at radius 2 is 0.703 bits per heavy atom. The van der Waals surface area contributed by atoms with Gasteiger partial charge in [0.2, 0.25) is 0 Å². The molecule has 0 heterocycles. The van der Waals surface area contributed by atoms with Crippen molar-refractivity contribution >= 4 is 11.9 Å². The fourth-order valence-electron chi connectivity index (χ4n) is 7.65. The van der Waals surface area contributed by atoms with Gasteiger partial charge in [0.25, 0.3) is 0 Å². The lowest BCUT2D eigenvalue weighted by molar-refractivity contribution is -0.163. The Bertz CT molecular complexity index is 1150. The molecule has 1 unspecified atom stereocenters. The Kier molecular flexibility index (Phi) is 52.4. The fraction of sp³-hybridized carbons (Fsp3) is 0.763. The van der Waals surface area contributed by atoms with Gasteiger partial charge < -0.3 is 14.2 Å². The Morgan fingerprint density at radius 1 is 0.359 bits per heavy atom. The molecule has 0 saturated carbocycles. The number of esters is 2. The predicted molar refractivity (Wildman–Crippen MR) is 279 cm³/mol. The van der Waals surface area contributed by atoms with Crippen molar-refractivity contribution in [3.05, 3.63) is 72.9 Å². The molecular formula is C59H104O5. The van der Waals surface area contributed by atoms with Crippen LogP contribution in [0.2, 0.25) is 0 Å². The fourth-order valence-corrected chi connectivity index (χ4v) is 7.65. The molecule has 0 aromatic carbocycles. The Hall–Kier alpha value is -2.66. The first-order valence-corrected chi connectivity index (χ1v) is 27.5. The molecule has 1 atom stereocenters. The van der Waals surface area contributed by atoms with Crippen LogP contribution in [0.15, 0.2) is 72.9 Å². The van der Waals surface area contributed by atoms with Gasteiger partial charge in [0.1, 0.15) is 6.61 Å². The molecule has 0 spiro atoms. The molecule has 64 heavy (non-hydrogen) atoms. The van der Waals surface area contributed by atoms with Crippen molar-refractivity contribution < 1.29 is 23.8 Å². The average Bonchev–Trinajstić information content (AvgIpc) is 3.30. The van der Waals surface area contributed by atoms with Gasteiger partial charge in [-0.25, -0.2) is 0 Å². The largest absolute Gasteiger partial charge is 0.462 e. The summed E-state index contributed by atoms with van der Waals surface area (Å²) < 4.78 is 17.4. The number of unbranched alkanes of at least 4 members (excludes halogenated alkanes) is 27. The molecule has 0 aromatic heterocycles. The monoisotopic (exact) mass is 893 g/mol. The molecule has 0 aliphatic carbocycles. The molecule has 0 fully saturated rings. The van der Waals surface area contributed by atoms with E-state index in [0.717, 1.165) is 89.9 Å². The minimum absolute atomic E-state index is 0.0716. The lowest BCUT2D eigenvalue weighted by atomic mass is 10.1. The van der Waals surface area contributed by atoms with Gasteiger partial charge in [0, 0.05) is 19.4 Å². The van der Waals surface area contributed by atoms with E-state index in [4.69, 9.17) is 14.2 Å². The summed E-state index contributed by atoms with van der Waals surface area (Å²) in [6, 6.07) is 0. The van der Waals surface area contributed by atoms with Crippen molar-refractivity contribution in [2.75, 3.05) is 19.8 Å². The van der Waals surface area contributed by atoms with Crippen molar-refractivity contribution in [1.29, 1.82) is 0 Å². The average molecular weight is 893 g/mol. The summed E-state index contributed by atoms with van der Waals surface area (Å²) in [7, 11) is 0. The van der Waals surface area contributed by atoms with Gasteiger partial charge in [-0.05, 0) is 89.9 Å². The predicted octanol–water partition coefficient (Wildman–Crippen LogP) is 18.7. The van der Waals surface area contributed by atoms with Crippen LogP contribution < -0.4 is 0 Å². The molecule has 0 aliphatic rings. The number of carbonyl (C=O) groups excluding carboxylic acids is 2. The van der Waals surface area contributed by atoms with Crippen molar-refractivity contribution in [1.82, 2.24) is 0 Å². The van der Waals surface area contributed by atoms with E-state index >= 15 is 0 Å². The van der Waals surface area contributed by atoms with Crippen molar-refractivity contribution in [2.45, 2.75) is 271 Å². The third kappa shape index (κ3) is 52.0. The number of ether oxygens (including phenoxy) is 3. The highest BCUT2D eigenvalue weighted by Gasteiger charge is 2.17. The standard InChI is InChI=1S/C59H104O5/c1-4-7-10-13-16-19-22-24-26-28-29-30-32-34-36-39-42-45-48-51-54-62-55-57(64-59(61)53-50-47-44-41-37-21-18-15-12-9-6-3)56-63-58(60)52-49-46-43-40-38-35-33-31-27-25-23-20-17-14-11-8-5-2/h8,11,16-17,19-20,24-27,33,35,57H,4-7,9-10,12-15,18,21-23,28-32,34,36-56H2,1-3H3/b11-8-,19-16-,20-17-,26-24-,27-25-,35-33-. The summed E-state index contributed by atoms with van der Waals surface area (Å²) in [6.07, 6.45) is 70.6. The van der Waals surface area contributed by atoms with E-state index in [0.29, 0.717) is 19.4 Å². The van der Waals surface area contributed by atoms with Crippen LogP contribution >= 0.6 is 0 Å². The van der Waals surface area contributed by atoms with Crippen LogP contribution in [0.5, 0.6) is 0 Å². The number of hydrogen-bond acceptors (Lipinski definition) is 5. The minimum atomic E-state index is -0.548. The minimum Gasteiger partial charge on any atom is -0.462 e. The molecule has 370 valence electrons. The summed E-state index contributed by atoms with van der Waals surface area (Å²) in [4.78, 5) is 25.4. The highest BCUT2D eigenvalue weighted by molar-refractivity contribution is 5.70. The quantitative estimate of drug-likeness (QED) is 0.0346. The molecular weight excluding hydrogens is 789 g/mol. The maximum atomic E-state index is 12.8. The number of carbonyl (C=O) groups is 2. The normalized spacial score (nSPS) is 12.7. The smallest absolute Gasteiger partial charge is 0.306 e. The van der Waals surface area contributed by atoms with Crippen LogP contribution in [-0.2, 0) is 23.8 Å². The van der Waals surface area contributed by atoms with Crippen molar-refractivity contribution in [3.63, 3.8) is 0 Å². The van der Waals surface area contributed by atoms with Gasteiger partial charge in [0.15, 0.2) is 6.10 Å². The molecule has 0 N–H and O–H groups in total. The van der Waals surface area contributed by atoms with Crippen molar-refractivity contribution in [3.8, 4) is 0 Å². The van der Waals surface area contributed by atoms with Crippen LogP contribution in [0, 0.1) is 0 Å². The number of hydrogen-bond donors (Lipinski definition) is 0. The summed E-state index contributed by atoms with van der Waals surface area (Å²) in [5, 5.41) is 0. The first-order valence-electron chi connectivity index (χ1n) is 27.5. The molecule has 0 bridgehead atoms. The lowest BCUT2D eigenvalue weighted by Gasteiger charge is -2.18. The van der Waals surface area contributed by atoms with E-state index in [9.17, 15) is 9.59 Å².